The average Bonchev–Trinajstić information content (AvgIpc) is 2.84. The molecule has 4 nitrogen and oxygen atoms in total. The Morgan fingerprint density at radius 1 is 1.43 bits per heavy atom. The Kier molecular flexibility index (Phi) is 3.34. The second kappa shape index (κ2) is 5.39. The molecule has 0 unspecified atom stereocenters. The molecular formula is C19H21N3O. The van der Waals surface area contributed by atoms with Crippen molar-refractivity contribution in [2.24, 2.45) is 0 Å². The number of nitrogens with zero attached hydrogens (tertiary/aromatic N) is 2. The molecule has 1 aliphatic heterocycles. The second-order valence-corrected chi connectivity index (χ2v) is 6.30. The summed E-state index contributed by atoms with van der Waals surface area (Å²) < 4.78 is 1.91. The van der Waals surface area contributed by atoms with E-state index in [9.17, 15) is 4.79 Å². The predicted molar refractivity (Wildman–Crippen MR) is 94.0 cm³/mol. The van der Waals surface area contributed by atoms with E-state index in [2.05, 4.69) is 48.1 Å². The van der Waals surface area contributed by atoms with Crippen molar-refractivity contribution in [2.45, 2.75) is 25.8 Å². The van der Waals surface area contributed by atoms with Gasteiger partial charge < -0.3 is 0 Å². The molecule has 1 aliphatic carbocycles. The number of carbonyl (C=O) groups excluding carboxylic acids is 1. The number of benzene rings is 1. The number of amides is 1. The van der Waals surface area contributed by atoms with Crippen LogP contribution in [0, 0.1) is 6.92 Å². The van der Waals surface area contributed by atoms with Crippen molar-refractivity contribution in [1.82, 2.24) is 9.58 Å². The van der Waals surface area contributed by atoms with Crippen LogP contribution < -0.4 is 5.43 Å². The lowest BCUT2D eigenvalue weighted by Gasteiger charge is -2.38. The second-order valence-electron chi connectivity index (χ2n) is 6.30. The van der Waals surface area contributed by atoms with Crippen molar-refractivity contribution < 1.29 is 4.79 Å². The maximum Gasteiger partial charge on any atom is 0.226 e. The highest BCUT2D eigenvalue weighted by atomic mass is 16.1. The largest absolute Gasteiger partial charge is 0.292 e. The van der Waals surface area contributed by atoms with Gasteiger partial charge in [0.2, 0.25) is 6.41 Å². The van der Waals surface area contributed by atoms with E-state index in [1.54, 1.807) is 0 Å². The summed E-state index contributed by atoms with van der Waals surface area (Å²) in [7, 11) is 0. The fourth-order valence-electron chi connectivity index (χ4n) is 4.23. The molecule has 0 saturated heterocycles. The Morgan fingerprint density at radius 2 is 2.30 bits per heavy atom. The van der Waals surface area contributed by atoms with Gasteiger partial charge in [0.25, 0.3) is 0 Å². The zero-order valence-corrected chi connectivity index (χ0v) is 13.4. The van der Waals surface area contributed by atoms with E-state index >= 15 is 0 Å². The van der Waals surface area contributed by atoms with E-state index in [0.717, 1.165) is 43.6 Å². The first-order valence-electron chi connectivity index (χ1n) is 8.14. The summed E-state index contributed by atoms with van der Waals surface area (Å²) in [4.78, 5) is 13.5. The summed E-state index contributed by atoms with van der Waals surface area (Å²) in [6.45, 7) is 7.99. The Hall–Kier alpha value is -2.33. The lowest BCUT2D eigenvalue weighted by Crippen LogP contribution is -2.42. The number of hydrogen-bond donors (Lipinski definition) is 1. The highest BCUT2D eigenvalue weighted by Gasteiger charge is 2.33. The van der Waals surface area contributed by atoms with Gasteiger partial charge in [0.15, 0.2) is 0 Å². The van der Waals surface area contributed by atoms with Gasteiger partial charge in [-0.1, -0.05) is 24.3 Å². The van der Waals surface area contributed by atoms with Crippen molar-refractivity contribution in [2.75, 3.05) is 18.5 Å². The fourth-order valence-corrected chi connectivity index (χ4v) is 4.23. The molecule has 1 aromatic carbocycles. The van der Waals surface area contributed by atoms with Crippen LogP contribution in [-0.4, -0.2) is 35.1 Å². The minimum Gasteiger partial charge on any atom is -0.292 e. The van der Waals surface area contributed by atoms with Crippen molar-refractivity contribution in [3.8, 4) is 0 Å². The van der Waals surface area contributed by atoms with E-state index < -0.39 is 0 Å². The number of nitrogens with one attached hydrogen (secondary N) is 1. The molecule has 118 valence electrons. The molecule has 0 fully saturated rings. The van der Waals surface area contributed by atoms with E-state index in [1.807, 2.05) is 10.8 Å². The highest BCUT2D eigenvalue weighted by Crippen LogP contribution is 2.42. The number of aromatic nitrogens is 1. The minimum absolute atomic E-state index is 0.408. The SMILES string of the molecule is C=CCN1CCC=C2c3cccc4c3c(c(C)n4NC=O)C[C@H]21. The third-order valence-corrected chi connectivity index (χ3v) is 5.19. The first kappa shape index (κ1) is 14.3. The van der Waals surface area contributed by atoms with Crippen LogP contribution in [0.4, 0.5) is 0 Å². The predicted octanol–water partition coefficient (Wildman–Crippen LogP) is 2.85. The maximum absolute atomic E-state index is 11.0. The Morgan fingerprint density at radius 3 is 3.09 bits per heavy atom. The van der Waals surface area contributed by atoms with Crippen LogP contribution in [-0.2, 0) is 11.2 Å². The molecule has 1 N–H and O–H groups in total. The van der Waals surface area contributed by atoms with Crippen LogP contribution in [0.2, 0.25) is 0 Å². The number of carbonyl (C=O) groups is 1. The van der Waals surface area contributed by atoms with Crippen LogP contribution in [0.15, 0.2) is 36.9 Å². The summed E-state index contributed by atoms with van der Waals surface area (Å²) in [6, 6.07) is 6.79. The van der Waals surface area contributed by atoms with Crippen molar-refractivity contribution in [3.63, 3.8) is 0 Å². The molecule has 0 radical (unpaired) electrons. The third-order valence-electron chi connectivity index (χ3n) is 5.19. The van der Waals surface area contributed by atoms with Crippen LogP contribution in [0.1, 0.15) is 23.2 Å². The van der Waals surface area contributed by atoms with E-state index in [0.29, 0.717) is 6.04 Å². The van der Waals surface area contributed by atoms with Crippen molar-refractivity contribution >= 4 is 22.9 Å². The molecular weight excluding hydrogens is 286 g/mol. The van der Waals surface area contributed by atoms with Gasteiger partial charge in [-0.2, -0.15) is 0 Å². The van der Waals surface area contributed by atoms with E-state index in [4.69, 9.17) is 0 Å². The van der Waals surface area contributed by atoms with Crippen molar-refractivity contribution in [3.05, 3.63) is 53.8 Å². The smallest absolute Gasteiger partial charge is 0.226 e. The summed E-state index contributed by atoms with van der Waals surface area (Å²) >= 11 is 0. The van der Waals surface area contributed by atoms with Gasteiger partial charge in [-0.3, -0.25) is 19.8 Å². The summed E-state index contributed by atoms with van der Waals surface area (Å²) in [5.41, 5.74) is 9.14. The summed E-state index contributed by atoms with van der Waals surface area (Å²) in [5, 5.41) is 1.29. The van der Waals surface area contributed by atoms with Gasteiger partial charge in [-0.05, 0) is 42.5 Å². The first-order valence-corrected chi connectivity index (χ1v) is 8.14. The molecule has 2 aromatic rings. The maximum atomic E-state index is 11.0. The normalized spacial score (nSPS) is 20.0. The van der Waals surface area contributed by atoms with Gasteiger partial charge in [-0.15, -0.1) is 6.58 Å². The number of rotatable bonds is 4. The molecule has 2 aliphatic rings. The molecule has 0 bridgehead atoms. The van der Waals surface area contributed by atoms with Gasteiger partial charge in [0.05, 0.1) is 5.52 Å². The van der Waals surface area contributed by atoms with Gasteiger partial charge in [0.1, 0.15) is 0 Å². The number of hydrogen-bond acceptors (Lipinski definition) is 2. The molecule has 1 aromatic heterocycles. The van der Waals surface area contributed by atoms with Crippen LogP contribution in [0.5, 0.6) is 0 Å². The standard InChI is InChI=1S/C19H21N3O/c1-3-9-21-10-5-7-14-15-6-4-8-17-19(15)16(11-18(14)21)13(2)22(17)20-12-23/h3-4,6-8,12,18H,1,5,9-11H2,2H3,(H,20,23)/t18-/m1/s1. The monoisotopic (exact) mass is 307 g/mol. The molecule has 4 rings (SSSR count). The third kappa shape index (κ3) is 1.98. The van der Waals surface area contributed by atoms with Gasteiger partial charge in [-0.25, -0.2) is 0 Å². The molecule has 0 saturated carbocycles. The topological polar surface area (TPSA) is 37.3 Å². The van der Waals surface area contributed by atoms with Crippen LogP contribution in [0.25, 0.3) is 16.5 Å². The fraction of sp³-hybridized carbons (Fsp3) is 0.316. The lowest BCUT2D eigenvalue weighted by molar-refractivity contribution is -0.106. The molecule has 2 heterocycles. The highest BCUT2D eigenvalue weighted by molar-refractivity contribution is 6.00. The quantitative estimate of drug-likeness (QED) is 0.696. The van der Waals surface area contributed by atoms with Crippen molar-refractivity contribution in [1.29, 1.82) is 0 Å². The number of fused-ring (bicyclic) bond motifs is 2. The summed E-state index contributed by atoms with van der Waals surface area (Å²) in [5.74, 6) is 0. The molecule has 1 amide bonds. The van der Waals surface area contributed by atoms with Gasteiger partial charge >= 0.3 is 0 Å². The van der Waals surface area contributed by atoms with E-state index in [-0.39, 0.29) is 0 Å². The zero-order chi connectivity index (χ0) is 16.0. The Labute approximate surface area is 136 Å². The zero-order valence-electron chi connectivity index (χ0n) is 13.4. The molecule has 1 atom stereocenters. The lowest BCUT2D eigenvalue weighted by atomic mass is 9.81. The average molecular weight is 307 g/mol. The Balaban J connectivity index is 1.94. The molecule has 4 heteroatoms. The van der Waals surface area contributed by atoms with Crippen LogP contribution >= 0.6 is 0 Å². The summed E-state index contributed by atoms with van der Waals surface area (Å²) in [6.07, 6.45) is 7.20. The first-order chi connectivity index (χ1) is 11.3. The Bertz CT molecular complexity index is 831. The van der Waals surface area contributed by atoms with Crippen LogP contribution in [0.3, 0.4) is 0 Å². The molecule has 0 spiro atoms. The minimum atomic E-state index is 0.408. The van der Waals surface area contributed by atoms with Gasteiger partial charge in [0, 0.05) is 30.2 Å². The van der Waals surface area contributed by atoms with E-state index in [1.165, 1.54) is 22.1 Å². The molecule has 23 heavy (non-hydrogen) atoms.